The number of unbranched alkanes of at least 4 members (excludes halogenated alkanes) is 2. The molecule has 0 N–H and O–H groups in total. The first-order chi connectivity index (χ1) is 8.24. The van der Waals surface area contributed by atoms with Crippen LogP contribution in [0.1, 0.15) is 39.5 Å². The Morgan fingerprint density at radius 2 is 1.88 bits per heavy atom. The van der Waals surface area contributed by atoms with Gasteiger partial charge in [-0.1, -0.05) is 26.7 Å². The molecule has 0 aliphatic heterocycles. The molecule has 4 heteroatoms. The molecule has 0 spiro atoms. The second kappa shape index (κ2) is 11.9. The third-order valence-corrected chi connectivity index (χ3v) is 2.48. The van der Waals surface area contributed by atoms with Gasteiger partial charge in [-0.2, -0.15) is 0 Å². The van der Waals surface area contributed by atoms with Crippen molar-refractivity contribution in [3.8, 4) is 0 Å². The van der Waals surface area contributed by atoms with Crippen molar-refractivity contribution >= 4 is 17.6 Å². The molecule has 0 bridgehead atoms. The molecule has 0 aromatic heterocycles. The molecule has 0 aliphatic carbocycles. The Kier molecular flexibility index (Phi) is 11.6. The van der Waals surface area contributed by atoms with Gasteiger partial charge in [-0.3, -0.25) is 0 Å². The van der Waals surface area contributed by atoms with E-state index in [0.717, 1.165) is 25.7 Å². The van der Waals surface area contributed by atoms with E-state index in [9.17, 15) is 4.79 Å². The molecule has 0 heterocycles. The van der Waals surface area contributed by atoms with Crippen LogP contribution in [0.2, 0.25) is 0 Å². The van der Waals surface area contributed by atoms with Crippen molar-refractivity contribution in [1.82, 2.24) is 0 Å². The molecule has 0 aromatic carbocycles. The van der Waals surface area contributed by atoms with Gasteiger partial charge in [0.2, 0.25) is 0 Å². The summed E-state index contributed by atoms with van der Waals surface area (Å²) < 4.78 is 10.5. The highest BCUT2D eigenvalue weighted by atomic mass is 35.5. The first kappa shape index (κ1) is 16.5. The maximum Gasteiger partial charge on any atom is 0.330 e. The smallest absolute Gasteiger partial charge is 0.330 e. The number of alkyl halides is 1. The molecule has 0 rings (SSSR count). The van der Waals surface area contributed by atoms with Gasteiger partial charge in [0.15, 0.2) is 0 Å². The lowest BCUT2D eigenvalue weighted by molar-refractivity contribution is -0.137. The number of ether oxygens (including phenoxy) is 2. The van der Waals surface area contributed by atoms with E-state index in [1.54, 1.807) is 6.08 Å². The predicted molar refractivity (Wildman–Crippen MR) is 70.4 cm³/mol. The lowest BCUT2D eigenvalue weighted by atomic mass is 10.3. The summed E-state index contributed by atoms with van der Waals surface area (Å²) in [4.78, 5) is 11.3. The van der Waals surface area contributed by atoms with Crippen LogP contribution in [0.3, 0.4) is 0 Å². The summed E-state index contributed by atoms with van der Waals surface area (Å²) in [6.45, 7) is 5.29. The van der Waals surface area contributed by atoms with Gasteiger partial charge >= 0.3 is 5.97 Å². The van der Waals surface area contributed by atoms with Gasteiger partial charge in [0, 0.05) is 12.7 Å². The minimum absolute atomic E-state index is 0.207. The Labute approximate surface area is 109 Å². The molecule has 0 saturated carbocycles. The van der Waals surface area contributed by atoms with Gasteiger partial charge in [0.05, 0.1) is 18.6 Å². The molecule has 0 aliphatic rings. The molecule has 1 atom stereocenters. The minimum atomic E-state index is -0.326. The zero-order valence-corrected chi connectivity index (χ0v) is 11.5. The van der Waals surface area contributed by atoms with Crippen LogP contribution in [0.15, 0.2) is 12.2 Å². The average molecular weight is 263 g/mol. The van der Waals surface area contributed by atoms with Crippen LogP contribution in [0.25, 0.3) is 0 Å². The molecule has 3 nitrogen and oxygen atoms in total. The summed E-state index contributed by atoms with van der Waals surface area (Å²) in [7, 11) is 0. The highest BCUT2D eigenvalue weighted by Gasteiger charge is 2.04. The van der Waals surface area contributed by atoms with Crippen molar-refractivity contribution in [3.63, 3.8) is 0 Å². The van der Waals surface area contributed by atoms with E-state index in [0.29, 0.717) is 19.1 Å². The maximum absolute atomic E-state index is 11.3. The van der Waals surface area contributed by atoms with Crippen molar-refractivity contribution < 1.29 is 14.3 Å². The Hall–Kier alpha value is -0.540. The molecule has 0 saturated heterocycles. The number of rotatable bonds is 10. The standard InChI is InChI=1S/C13H23ClO3/c1-3-5-9-16-12(11-14)7-8-13(15)17-10-6-4-2/h7-8,12H,3-6,9-11H2,1-2H3. The molecule has 1 unspecified atom stereocenters. The fraction of sp³-hybridized carbons (Fsp3) is 0.769. The second-order valence-electron chi connectivity index (χ2n) is 3.80. The summed E-state index contributed by atoms with van der Waals surface area (Å²) in [5.74, 6) is 0.0234. The van der Waals surface area contributed by atoms with Gasteiger partial charge in [0.25, 0.3) is 0 Å². The normalized spacial score (nSPS) is 12.9. The number of esters is 1. The van der Waals surface area contributed by atoms with E-state index in [4.69, 9.17) is 21.1 Å². The summed E-state index contributed by atoms with van der Waals surface area (Å²) in [5.41, 5.74) is 0. The van der Waals surface area contributed by atoms with Gasteiger partial charge in [-0.05, 0) is 18.9 Å². The molecular weight excluding hydrogens is 240 g/mol. The lowest BCUT2D eigenvalue weighted by Crippen LogP contribution is -2.13. The summed E-state index contributed by atoms with van der Waals surface area (Å²) in [6, 6.07) is 0. The fourth-order valence-corrected chi connectivity index (χ4v) is 1.27. The van der Waals surface area contributed by atoms with Crippen molar-refractivity contribution in [2.24, 2.45) is 0 Å². The Balaban J connectivity index is 3.79. The number of carbonyl (C=O) groups is 1. The van der Waals surface area contributed by atoms with E-state index < -0.39 is 0 Å². The highest BCUT2D eigenvalue weighted by Crippen LogP contribution is 2.01. The number of hydrogen-bond acceptors (Lipinski definition) is 3. The number of carbonyl (C=O) groups excluding carboxylic acids is 1. The van der Waals surface area contributed by atoms with Gasteiger partial charge in [-0.15, -0.1) is 11.6 Å². The van der Waals surface area contributed by atoms with E-state index >= 15 is 0 Å². The summed E-state index contributed by atoms with van der Waals surface area (Å²) in [5, 5.41) is 0. The SMILES string of the molecule is CCCCOC(=O)C=CC(CCl)OCCCC. The van der Waals surface area contributed by atoms with Crippen LogP contribution in [0, 0.1) is 0 Å². The Bertz CT molecular complexity index is 217. The zero-order valence-electron chi connectivity index (χ0n) is 10.8. The van der Waals surface area contributed by atoms with Crippen LogP contribution >= 0.6 is 11.6 Å². The Morgan fingerprint density at radius 3 is 2.47 bits per heavy atom. The summed E-state index contributed by atoms with van der Waals surface area (Å²) >= 11 is 5.73. The molecule has 17 heavy (non-hydrogen) atoms. The van der Waals surface area contributed by atoms with Crippen LogP contribution in [0.4, 0.5) is 0 Å². The fourth-order valence-electron chi connectivity index (χ4n) is 1.08. The van der Waals surface area contributed by atoms with Crippen LogP contribution in [0.5, 0.6) is 0 Å². The van der Waals surface area contributed by atoms with Crippen LogP contribution in [-0.4, -0.2) is 31.2 Å². The zero-order chi connectivity index (χ0) is 12.9. The Morgan fingerprint density at radius 1 is 1.24 bits per heavy atom. The molecule has 0 aromatic rings. The van der Waals surface area contributed by atoms with Crippen LogP contribution in [-0.2, 0) is 14.3 Å². The monoisotopic (exact) mass is 262 g/mol. The largest absolute Gasteiger partial charge is 0.463 e. The molecule has 0 amide bonds. The van der Waals surface area contributed by atoms with Gasteiger partial charge in [-0.25, -0.2) is 4.79 Å². The van der Waals surface area contributed by atoms with Crippen molar-refractivity contribution in [1.29, 1.82) is 0 Å². The quantitative estimate of drug-likeness (QED) is 0.262. The van der Waals surface area contributed by atoms with E-state index in [1.165, 1.54) is 6.08 Å². The van der Waals surface area contributed by atoms with Crippen molar-refractivity contribution in [2.75, 3.05) is 19.1 Å². The molecule has 0 radical (unpaired) electrons. The van der Waals surface area contributed by atoms with Crippen molar-refractivity contribution in [3.05, 3.63) is 12.2 Å². The van der Waals surface area contributed by atoms with Crippen molar-refractivity contribution in [2.45, 2.75) is 45.6 Å². The third kappa shape index (κ3) is 10.3. The topological polar surface area (TPSA) is 35.5 Å². The van der Waals surface area contributed by atoms with E-state index in [-0.39, 0.29) is 12.1 Å². The molecule has 100 valence electrons. The first-order valence-corrected chi connectivity index (χ1v) is 6.80. The summed E-state index contributed by atoms with van der Waals surface area (Å²) in [6.07, 6.45) is 6.85. The average Bonchev–Trinajstić information content (AvgIpc) is 2.34. The molecular formula is C13H23ClO3. The second-order valence-corrected chi connectivity index (χ2v) is 4.11. The predicted octanol–water partition coefficient (Wildman–Crippen LogP) is 3.31. The number of halogens is 1. The minimum Gasteiger partial charge on any atom is -0.463 e. The van der Waals surface area contributed by atoms with E-state index in [1.807, 2.05) is 0 Å². The van der Waals surface area contributed by atoms with E-state index in [2.05, 4.69) is 13.8 Å². The number of hydrogen-bond donors (Lipinski definition) is 0. The van der Waals surface area contributed by atoms with Crippen LogP contribution < -0.4 is 0 Å². The highest BCUT2D eigenvalue weighted by molar-refractivity contribution is 6.18. The third-order valence-electron chi connectivity index (χ3n) is 2.17. The van der Waals surface area contributed by atoms with Gasteiger partial charge in [0.1, 0.15) is 0 Å². The lowest BCUT2D eigenvalue weighted by Gasteiger charge is -2.10. The first-order valence-electron chi connectivity index (χ1n) is 6.27. The van der Waals surface area contributed by atoms with Gasteiger partial charge < -0.3 is 9.47 Å². The molecule has 0 fully saturated rings. The maximum atomic E-state index is 11.3.